The van der Waals surface area contributed by atoms with Crippen molar-refractivity contribution in [2.45, 2.75) is 31.8 Å². The first-order valence-corrected chi connectivity index (χ1v) is 7.32. The molecule has 0 amide bonds. The Hall–Kier alpha value is -1.46. The van der Waals surface area contributed by atoms with E-state index in [9.17, 15) is 0 Å². The fourth-order valence-electron chi connectivity index (χ4n) is 3.06. The van der Waals surface area contributed by atoms with Crippen LogP contribution in [0.3, 0.4) is 0 Å². The number of hydrogen-bond donors (Lipinski definition) is 0. The molecule has 3 heterocycles. The van der Waals surface area contributed by atoms with Crippen molar-refractivity contribution in [3.8, 4) is 0 Å². The molecule has 0 aromatic carbocycles. The first-order chi connectivity index (χ1) is 9.81. The van der Waals surface area contributed by atoms with E-state index in [1.54, 1.807) is 7.11 Å². The number of imidazole rings is 1. The number of aryl methyl sites for hydroxylation is 1. The first-order valence-electron chi connectivity index (χ1n) is 7.32. The van der Waals surface area contributed by atoms with Crippen LogP contribution in [0, 0.1) is 0 Å². The highest BCUT2D eigenvalue weighted by Gasteiger charge is 2.26. The highest BCUT2D eigenvalue weighted by atomic mass is 16.5. The van der Waals surface area contributed by atoms with Crippen molar-refractivity contribution in [1.29, 1.82) is 0 Å². The standard InChI is InChI=1S/C15H22N4O/c1-18-10-4-8-14(18)19-13(7-5-11-20-2)17-12-6-3-9-16-15(12)19/h3,6,9,14H,4-5,7-8,10-11H2,1-2H3. The Morgan fingerprint density at radius 1 is 1.45 bits per heavy atom. The molecule has 1 atom stereocenters. The van der Waals surface area contributed by atoms with Gasteiger partial charge < -0.3 is 4.74 Å². The third kappa shape index (κ3) is 2.43. The second kappa shape index (κ2) is 5.89. The number of rotatable bonds is 5. The molecule has 0 aliphatic carbocycles. The number of hydrogen-bond acceptors (Lipinski definition) is 4. The van der Waals surface area contributed by atoms with Gasteiger partial charge in [-0.2, -0.15) is 0 Å². The summed E-state index contributed by atoms with van der Waals surface area (Å²) in [7, 11) is 3.93. The predicted molar refractivity (Wildman–Crippen MR) is 78.6 cm³/mol. The van der Waals surface area contributed by atoms with Crippen LogP contribution in [0.15, 0.2) is 18.3 Å². The zero-order valence-corrected chi connectivity index (χ0v) is 12.2. The van der Waals surface area contributed by atoms with E-state index in [2.05, 4.69) is 21.5 Å². The van der Waals surface area contributed by atoms with Gasteiger partial charge in [0, 0.05) is 26.3 Å². The highest BCUT2D eigenvalue weighted by Crippen LogP contribution is 2.30. The zero-order chi connectivity index (χ0) is 13.9. The molecule has 1 unspecified atom stereocenters. The van der Waals surface area contributed by atoms with Gasteiger partial charge in [-0.15, -0.1) is 0 Å². The van der Waals surface area contributed by atoms with Crippen LogP contribution in [-0.4, -0.2) is 46.7 Å². The van der Waals surface area contributed by atoms with Crippen molar-refractivity contribution in [2.75, 3.05) is 27.3 Å². The van der Waals surface area contributed by atoms with Crippen LogP contribution in [0.5, 0.6) is 0 Å². The highest BCUT2D eigenvalue weighted by molar-refractivity contribution is 5.71. The van der Waals surface area contributed by atoms with Crippen LogP contribution < -0.4 is 0 Å². The van der Waals surface area contributed by atoms with Crippen molar-refractivity contribution in [3.05, 3.63) is 24.2 Å². The fraction of sp³-hybridized carbons (Fsp3) is 0.600. The molecule has 0 radical (unpaired) electrons. The Morgan fingerprint density at radius 3 is 3.10 bits per heavy atom. The number of fused-ring (bicyclic) bond motifs is 1. The second-order valence-electron chi connectivity index (χ2n) is 5.44. The molecule has 1 aliphatic heterocycles. The SMILES string of the molecule is COCCCc1nc2cccnc2n1C1CCCN1C. The summed E-state index contributed by atoms with van der Waals surface area (Å²) >= 11 is 0. The van der Waals surface area contributed by atoms with E-state index in [-0.39, 0.29) is 0 Å². The second-order valence-corrected chi connectivity index (χ2v) is 5.44. The van der Waals surface area contributed by atoms with E-state index in [0.29, 0.717) is 6.17 Å². The smallest absolute Gasteiger partial charge is 0.161 e. The van der Waals surface area contributed by atoms with Crippen LogP contribution in [-0.2, 0) is 11.2 Å². The normalized spacial score (nSPS) is 20.0. The number of likely N-dealkylation sites (tertiary alicyclic amines) is 1. The Labute approximate surface area is 119 Å². The molecule has 20 heavy (non-hydrogen) atoms. The Morgan fingerprint density at radius 2 is 2.35 bits per heavy atom. The van der Waals surface area contributed by atoms with Crippen LogP contribution in [0.1, 0.15) is 31.3 Å². The minimum atomic E-state index is 0.396. The summed E-state index contributed by atoms with van der Waals surface area (Å²) in [5, 5.41) is 0. The summed E-state index contributed by atoms with van der Waals surface area (Å²) in [5.74, 6) is 1.13. The maximum atomic E-state index is 5.16. The summed E-state index contributed by atoms with van der Waals surface area (Å²) in [6.07, 6.45) is 6.60. The molecule has 1 saturated heterocycles. The molecule has 1 aliphatic rings. The van der Waals surface area contributed by atoms with Gasteiger partial charge in [-0.3, -0.25) is 9.47 Å². The quantitative estimate of drug-likeness (QED) is 0.784. The van der Waals surface area contributed by atoms with Crippen LogP contribution in [0.2, 0.25) is 0 Å². The molecule has 2 aromatic rings. The largest absolute Gasteiger partial charge is 0.385 e. The average molecular weight is 274 g/mol. The zero-order valence-electron chi connectivity index (χ0n) is 12.2. The van der Waals surface area contributed by atoms with Crippen LogP contribution >= 0.6 is 0 Å². The molecule has 2 aromatic heterocycles. The van der Waals surface area contributed by atoms with Gasteiger partial charge in [0.15, 0.2) is 5.65 Å². The molecule has 0 N–H and O–H groups in total. The number of aromatic nitrogens is 3. The van der Waals surface area contributed by atoms with Crippen molar-refractivity contribution in [1.82, 2.24) is 19.4 Å². The summed E-state index contributed by atoms with van der Waals surface area (Å²) in [6.45, 7) is 1.92. The van der Waals surface area contributed by atoms with Crippen molar-refractivity contribution in [3.63, 3.8) is 0 Å². The van der Waals surface area contributed by atoms with Crippen LogP contribution in [0.25, 0.3) is 11.2 Å². The molecule has 0 spiro atoms. The topological polar surface area (TPSA) is 43.2 Å². The molecular formula is C15H22N4O. The van der Waals surface area contributed by atoms with E-state index >= 15 is 0 Å². The predicted octanol–water partition coefficient (Wildman–Crippen LogP) is 2.23. The van der Waals surface area contributed by atoms with E-state index in [1.165, 1.54) is 12.8 Å². The summed E-state index contributed by atoms with van der Waals surface area (Å²) < 4.78 is 7.49. The molecule has 3 rings (SSSR count). The van der Waals surface area contributed by atoms with Gasteiger partial charge in [-0.05, 0) is 45.0 Å². The lowest BCUT2D eigenvalue weighted by Crippen LogP contribution is -2.25. The maximum Gasteiger partial charge on any atom is 0.161 e. The van der Waals surface area contributed by atoms with Gasteiger partial charge in [0.1, 0.15) is 11.3 Å². The lowest BCUT2D eigenvalue weighted by Gasteiger charge is -2.23. The Balaban J connectivity index is 1.99. The number of nitrogens with zero attached hydrogens (tertiary/aromatic N) is 4. The molecule has 5 heteroatoms. The lowest BCUT2D eigenvalue weighted by atomic mass is 10.3. The molecule has 0 bridgehead atoms. The third-order valence-electron chi connectivity index (χ3n) is 4.05. The minimum Gasteiger partial charge on any atom is -0.385 e. The lowest BCUT2D eigenvalue weighted by molar-refractivity contribution is 0.192. The van der Waals surface area contributed by atoms with Gasteiger partial charge >= 0.3 is 0 Å². The summed E-state index contributed by atoms with van der Waals surface area (Å²) in [6, 6.07) is 4.00. The number of methoxy groups -OCH3 is 1. The van der Waals surface area contributed by atoms with E-state index in [0.717, 1.165) is 43.0 Å². The van der Waals surface area contributed by atoms with Crippen molar-refractivity contribution < 1.29 is 4.74 Å². The third-order valence-corrected chi connectivity index (χ3v) is 4.05. The fourth-order valence-corrected chi connectivity index (χ4v) is 3.06. The molecule has 5 nitrogen and oxygen atoms in total. The first kappa shape index (κ1) is 13.5. The summed E-state index contributed by atoms with van der Waals surface area (Å²) in [5.41, 5.74) is 2.01. The van der Waals surface area contributed by atoms with Crippen molar-refractivity contribution >= 4 is 11.2 Å². The minimum absolute atomic E-state index is 0.396. The molecule has 108 valence electrons. The monoisotopic (exact) mass is 274 g/mol. The van der Waals surface area contributed by atoms with Gasteiger partial charge in [-0.1, -0.05) is 0 Å². The van der Waals surface area contributed by atoms with E-state index in [4.69, 9.17) is 9.72 Å². The maximum absolute atomic E-state index is 5.16. The average Bonchev–Trinajstić information content (AvgIpc) is 3.02. The molecule has 0 saturated carbocycles. The van der Waals surface area contributed by atoms with Gasteiger partial charge in [-0.25, -0.2) is 9.97 Å². The van der Waals surface area contributed by atoms with Gasteiger partial charge in [0.25, 0.3) is 0 Å². The van der Waals surface area contributed by atoms with E-state index < -0.39 is 0 Å². The van der Waals surface area contributed by atoms with Crippen molar-refractivity contribution in [2.24, 2.45) is 0 Å². The Bertz CT molecular complexity index is 580. The number of ether oxygens (including phenoxy) is 1. The van der Waals surface area contributed by atoms with Gasteiger partial charge in [0.05, 0.1) is 6.17 Å². The van der Waals surface area contributed by atoms with Crippen LogP contribution in [0.4, 0.5) is 0 Å². The Kier molecular flexibility index (Phi) is 3.98. The number of pyridine rings is 1. The molecule has 1 fully saturated rings. The van der Waals surface area contributed by atoms with E-state index in [1.807, 2.05) is 18.3 Å². The molecular weight excluding hydrogens is 252 g/mol. The summed E-state index contributed by atoms with van der Waals surface area (Å²) in [4.78, 5) is 11.7. The van der Waals surface area contributed by atoms with Gasteiger partial charge in [0.2, 0.25) is 0 Å².